The number of benzene rings is 1. The normalized spacial score (nSPS) is 30.4. The van der Waals surface area contributed by atoms with Gasteiger partial charge in [-0.15, -0.1) is 0 Å². The van der Waals surface area contributed by atoms with Crippen molar-refractivity contribution < 1.29 is 9.84 Å². The second kappa shape index (κ2) is 4.65. The van der Waals surface area contributed by atoms with E-state index in [0.29, 0.717) is 19.0 Å². The number of nitrogens with zero attached hydrogens (tertiary/aromatic N) is 1. The minimum atomic E-state index is -0.668. The first kappa shape index (κ1) is 13.2. The molecule has 0 saturated carbocycles. The summed E-state index contributed by atoms with van der Waals surface area (Å²) in [7, 11) is 2.06. The average Bonchev–Trinajstić information content (AvgIpc) is 2.84. The van der Waals surface area contributed by atoms with E-state index >= 15 is 0 Å². The molecule has 1 aromatic carbocycles. The Morgan fingerprint density at radius 2 is 2.32 bits per heavy atom. The number of likely N-dealkylation sites (N-methyl/N-ethyl adjacent to an activating group) is 1. The zero-order chi connectivity index (χ0) is 13.6. The Morgan fingerprint density at radius 3 is 3.00 bits per heavy atom. The maximum atomic E-state index is 10.8. The fourth-order valence-corrected chi connectivity index (χ4v) is 3.61. The van der Waals surface area contributed by atoms with Crippen molar-refractivity contribution in [3.05, 3.63) is 28.3 Å². The molecule has 0 aromatic heterocycles. The highest BCUT2D eigenvalue weighted by atomic mass is 35.5. The molecule has 0 aliphatic carbocycles. The standard InChI is InChI=1S/C15H20ClNO2/c1-10-7-15(18,9-17(10)2)8-12-6-13(16)5-11-3-4-19-14(11)12/h5-6,10,18H,3-4,7-9H2,1-2H3. The molecule has 3 nitrogen and oxygen atoms in total. The highest BCUT2D eigenvalue weighted by Gasteiger charge is 2.39. The van der Waals surface area contributed by atoms with Crippen LogP contribution in [0.15, 0.2) is 12.1 Å². The zero-order valence-electron chi connectivity index (χ0n) is 11.4. The van der Waals surface area contributed by atoms with E-state index in [2.05, 4.69) is 18.9 Å². The molecule has 0 bridgehead atoms. The lowest BCUT2D eigenvalue weighted by atomic mass is 9.91. The van der Waals surface area contributed by atoms with E-state index in [-0.39, 0.29) is 0 Å². The van der Waals surface area contributed by atoms with Crippen molar-refractivity contribution in [2.75, 3.05) is 20.2 Å². The van der Waals surface area contributed by atoms with Crippen LogP contribution in [0, 0.1) is 0 Å². The molecule has 2 aliphatic heterocycles. The molecule has 19 heavy (non-hydrogen) atoms. The Kier molecular flexibility index (Phi) is 3.24. The van der Waals surface area contributed by atoms with E-state index in [1.807, 2.05) is 12.1 Å². The van der Waals surface area contributed by atoms with Crippen molar-refractivity contribution >= 4 is 11.6 Å². The van der Waals surface area contributed by atoms with Gasteiger partial charge in [-0.3, -0.25) is 0 Å². The van der Waals surface area contributed by atoms with Gasteiger partial charge in [-0.1, -0.05) is 11.6 Å². The van der Waals surface area contributed by atoms with Gasteiger partial charge in [0.05, 0.1) is 12.2 Å². The van der Waals surface area contributed by atoms with Crippen molar-refractivity contribution in [1.29, 1.82) is 0 Å². The highest BCUT2D eigenvalue weighted by Crippen LogP contribution is 2.37. The van der Waals surface area contributed by atoms with Crippen LogP contribution in [0.4, 0.5) is 0 Å². The lowest BCUT2D eigenvalue weighted by molar-refractivity contribution is 0.0514. The first-order valence-corrected chi connectivity index (χ1v) is 7.21. The van der Waals surface area contributed by atoms with Crippen molar-refractivity contribution in [2.24, 2.45) is 0 Å². The lowest BCUT2D eigenvalue weighted by Gasteiger charge is -2.23. The number of hydrogen-bond acceptors (Lipinski definition) is 3. The monoisotopic (exact) mass is 281 g/mol. The van der Waals surface area contributed by atoms with E-state index in [9.17, 15) is 5.11 Å². The van der Waals surface area contributed by atoms with E-state index < -0.39 is 5.60 Å². The third-order valence-corrected chi connectivity index (χ3v) is 4.53. The fourth-order valence-electron chi connectivity index (χ4n) is 3.35. The molecule has 1 fully saturated rings. The minimum absolute atomic E-state index is 0.415. The molecule has 3 rings (SSSR count). The van der Waals surface area contributed by atoms with E-state index in [4.69, 9.17) is 16.3 Å². The van der Waals surface area contributed by atoms with Crippen LogP contribution in [0.5, 0.6) is 5.75 Å². The van der Waals surface area contributed by atoms with E-state index in [1.165, 1.54) is 5.56 Å². The summed E-state index contributed by atoms with van der Waals surface area (Å²) in [6.07, 6.45) is 2.33. The van der Waals surface area contributed by atoms with Crippen molar-refractivity contribution in [1.82, 2.24) is 4.90 Å². The highest BCUT2D eigenvalue weighted by molar-refractivity contribution is 6.30. The lowest BCUT2D eigenvalue weighted by Crippen LogP contribution is -2.34. The number of fused-ring (bicyclic) bond motifs is 1. The van der Waals surface area contributed by atoms with Crippen LogP contribution in [0.25, 0.3) is 0 Å². The first-order chi connectivity index (χ1) is 8.97. The molecule has 0 radical (unpaired) electrons. The number of ether oxygens (including phenoxy) is 1. The minimum Gasteiger partial charge on any atom is -0.493 e. The van der Waals surface area contributed by atoms with Gasteiger partial charge in [0.1, 0.15) is 5.75 Å². The molecule has 1 N–H and O–H groups in total. The summed E-state index contributed by atoms with van der Waals surface area (Å²) in [5.41, 5.74) is 1.55. The van der Waals surface area contributed by atoms with Gasteiger partial charge in [0.2, 0.25) is 0 Å². The van der Waals surface area contributed by atoms with Crippen LogP contribution >= 0.6 is 11.6 Å². The van der Waals surface area contributed by atoms with Gasteiger partial charge in [-0.25, -0.2) is 0 Å². The predicted molar refractivity (Wildman–Crippen MR) is 76.0 cm³/mol. The molecule has 2 atom stereocenters. The Balaban J connectivity index is 1.88. The average molecular weight is 282 g/mol. The molecule has 2 aliphatic rings. The SMILES string of the molecule is CC1CC(O)(Cc2cc(Cl)cc3c2OCC3)CN1C. The summed E-state index contributed by atoms with van der Waals surface area (Å²) in [4.78, 5) is 2.20. The number of aliphatic hydroxyl groups is 1. The van der Waals surface area contributed by atoms with Crippen LogP contribution in [-0.4, -0.2) is 41.8 Å². The molecule has 2 unspecified atom stereocenters. The molecule has 4 heteroatoms. The smallest absolute Gasteiger partial charge is 0.126 e. The maximum absolute atomic E-state index is 10.8. The molecular weight excluding hydrogens is 262 g/mol. The van der Waals surface area contributed by atoms with Gasteiger partial charge in [-0.2, -0.15) is 0 Å². The quantitative estimate of drug-likeness (QED) is 0.903. The summed E-state index contributed by atoms with van der Waals surface area (Å²) in [5, 5.41) is 11.5. The van der Waals surface area contributed by atoms with Gasteiger partial charge in [0.25, 0.3) is 0 Å². The molecule has 0 amide bonds. The molecule has 104 valence electrons. The van der Waals surface area contributed by atoms with Gasteiger partial charge in [0, 0.05) is 30.5 Å². The van der Waals surface area contributed by atoms with Gasteiger partial charge >= 0.3 is 0 Å². The summed E-state index contributed by atoms with van der Waals surface area (Å²) >= 11 is 6.17. The topological polar surface area (TPSA) is 32.7 Å². The molecule has 1 aromatic rings. The molecule has 2 heterocycles. The van der Waals surface area contributed by atoms with Gasteiger partial charge < -0.3 is 14.7 Å². The van der Waals surface area contributed by atoms with E-state index in [1.54, 1.807) is 0 Å². The summed E-state index contributed by atoms with van der Waals surface area (Å²) in [6, 6.07) is 4.33. The number of likely N-dealkylation sites (tertiary alicyclic amines) is 1. The second-order valence-electron chi connectivity index (χ2n) is 6.02. The fraction of sp³-hybridized carbons (Fsp3) is 0.600. The Bertz CT molecular complexity index is 493. The number of halogens is 1. The summed E-state index contributed by atoms with van der Waals surface area (Å²) < 4.78 is 5.71. The van der Waals surface area contributed by atoms with Crippen LogP contribution in [0.1, 0.15) is 24.5 Å². The Morgan fingerprint density at radius 1 is 1.53 bits per heavy atom. The first-order valence-electron chi connectivity index (χ1n) is 6.84. The van der Waals surface area contributed by atoms with Crippen molar-refractivity contribution in [3.8, 4) is 5.75 Å². The molecule has 0 spiro atoms. The van der Waals surface area contributed by atoms with Gasteiger partial charge in [0.15, 0.2) is 0 Å². The summed E-state index contributed by atoms with van der Waals surface area (Å²) in [5.74, 6) is 0.944. The molecular formula is C15H20ClNO2. The Hall–Kier alpha value is -0.770. The van der Waals surface area contributed by atoms with Crippen LogP contribution in [0.2, 0.25) is 5.02 Å². The van der Waals surface area contributed by atoms with Gasteiger partial charge in [-0.05, 0) is 43.7 Å². The maximum Gasteiger partial charge on any atom is 0.126 e. The number of β-amino-alcohol motifs (C(OH)–C–C–N with tert-alkyl or cyclic N) is 1. The number of rotatable bonds is 2. The molecule has 1 saturated heterocycles. The van der Waals surface area contributed by atoms with Crippen molar-refractivity contribution in [3.63, 3.8) is 0 Å². The number of hydrogen-bond donors (Lipinski definition) is 1. The van der Waals surface area contributed by atoms with Crippen LogP contribution in [0.3, 0.4) is 0 Å². The predicted octanol–water partition coefficient (Wildman–Crippen LogP) is 2.27. The Labute approximate surface area is 119 Å². The third-order valence-electron chi connectivity index (χ3n) is 4.32. The summed E-state index contributed by atoms with van der Waals surface area (Å²) in [6.45, 7) is 3.57. The largest absolute Gasteiger partial charge is 0.493 e. The zero-order valence-corrected chi connectivity index (χ0v) is 12.2. The van der Waals surface area contributed by atoms with Crippen LogP contribution in [-0.2, 0) is 12.8 Å². The second-order valence-corrected chi connectivity index (χ2v) is 6.46. The van der Waals surface area contributed by atoms with Crippen molar-refractivity contribution in [2.45, 2.75) is 37.8 Å². The van der Waals surface area contributed by atoms with Crippen LogP contribution < -0.4 is 4.74 Å². The van der Waals surface area contributed by atoms with E-state index in [0.717, 1.165) is 35.8 Å². The third kappa shape index (κ3) is 2.47.